The second-order valence-corrected chi connectivity index (χ2v) is 6.97. The van der Waals surface area contributed by atoms with E-state index < -0.39 is 0 Å². The van der Waals surface area contributed by atoms with Gasteiger partial charge in [-0.2, -0.15) is 0 Å². The van der Waals surface area contributed by atoms with Crippen molar-refractivity contribution in [2.24, 2.45) is 17.8 Å². The van der Waals surface area contributed by atoms with Crippen LogP contribution < -0.4 is 5.32 Å². The molecule has 4 nitrogen and oxygen atoms in total. The number of aryl methyl sites for hydroxylation is 1. The molecule has 2 atom stereocenters. The van der Waals surface area contributed by atoms with Crippen LogP contribution in [0.3, 0.4) is 0 Å². The lowest BCUT2D eigenvalue weighted by molar-refractivity contribution is -0.123. The number of nitrogens with zero attached hydrogens (tertiary/aromatic N) is 1. The summed E-state index contributed by atoms with van der Waals surface area (Å²) >= 11 is 5.91. The summed E-state index contributed by atoms with van der Waals surface area (Å²) in [6.07, 6.45) is 3.70. The molecular formula is C18H19ClN2O2. The second kappa shape index (κ2) is 5.68. The van der Waals surface area contributed by atoms with Crippen molar-refractivity contribution in [3.63, 3.8) is 0 Å². The van der Waals surface area contributed by atoms with Gasteiger partial charge >= 0.3 is 0 Å². The molecule has 0 unspecified atom stereocenters. The molecule has 23 heavy (non-hydrogen) atoms. The van der Waals surface area contributed by atoms with E-state index in [4.69, 9.17) is 16.0 Å². The Hall–Kier alpha value is -1.81. The SMILES string of the molecule is Cc1nc(CNC(=O)C2[C@H]3CCC[C@H]23)oc1-c1ccc(Cl)cc1. The van der Waals surface area contributed by atoms with E-state index >= 15 is 0 Å². The number of fused-ring (bicyclic) bond motifs is 1. The van der Waals surface area contributed by atoms with Crippen molar-refractivity contribution in [3.05, 3.63) is 40.9 Å². The van der Waals surface area contributed by atoms with Crippen LogP contribution in [0.5, 0.6) is 0 Å². The van der Waals surface area contributed by atoms with E-state index in [0.29, 0.717) is 29.3 Å². The van der Waals surface area contributed by atoms with E-state index in [2.05, 4.69) is 10.3 Å². The molecule has 4 rings (SSSR count). The Labute approximate surface area is 140 Å². The highest BCUT2D eigenvalue weighted by Crippen LogP contribution is 2.57. The fourth-order valence-electron chi connectivity index (χ4n) is 3.89. The molecular weight excluding hydrogens is 312 g/mol. The fourth-order valence-corrected chi connectivity index (χ4v) is 4.01. The number of carbonyl (C=O) groups is 1. The quantitative estimate of drug-likeness (QED) is 0.923. The molecule has 1 heterocycles. The Bertz CT molecular complexity index is 728. The Kier molecular flexibility index (Phi) is 3.64. The molecule has 1 aromatic heterocycles. The molecule has 0 spiro atoms. The zero-order valence-corrected chi connectivity index (χ0v) is 13.8. The van der Waals surface area contributed by atoms with Gasteiger partial charge in [0, 0.05) is 16.5 Å². The third-order valence-corrected chi connectivity index (χ3v) is 5.32. The van der Waals surface area contributed by atoms with Crippen molar-refractivity contribution < 1.29 is 9.21 Å². The van der Waals surface area contributed by atoms with E-state index in [0.717, 1.165) is 17.0 Å². The van der Waals surface area contributed by atoms with Gasteiger partial charge in [-0.25, -0.2) is 4.98 Å². The van der Waals surface area contributed by atoms with Gasteiger partial charge in [-0.3, -0.25) is 4.79 Å². The molecule has 0 aliphatic heterocycles. The van der Waals surface area contributed by atoms with Crippen molar-refractivity contribution >= 4 is 17.5 Å². The first-order valence-electron chi connectivity index (χ1n) is 8.13. The van der Waals surface area contributed by atoms with Crippen LogP contribution in [0.15, 0.2) is 28.7 Å². The second-order valence-electron chi connectivity index (χ2n) is 6.53. The van der Waals surface area contributed by atoms with Crippen LogP contribution in [0.2, 0.25) is 5.02 Å². The van der Waals surface area contributed by atoms with Gasteiger partial charge in [-0.1, -0.05) is 18.0 Å². The molecule has 0 bridgehead atoms. The summed E-state index contributed by atoms with van der Waals surface area (Å²) in [5.41, 5.74) is 1.76. The van der Waals surface area contributed by atoms with E-state index in [9.17, 15) is 4.79 Å². The first kappa shape index (κ1) is 14.8. The standard InChI is InChI=1S/C18H19ClN2O2/c1-10-17(11-5-7-12(19)8-6-11)23-15(21-10)9-20-18(22)16-13-3-2-4-14(13)16/h5-8,13-14,16H,2-4,9H2,1H3,(H,20,22)/t13-,14-/m0/s1. The lowest BCUT2D eigenvalue weighted by Gasteiger charge is -2.04. The average molecular weight is 331 g/mol. The van der Waals surface area contributed by atoms with Crippen molar-refractivity contribution in [1.29, 1.82) is 0 Å². The Morgan fingerprint density at radius 2 is 2.00 bits per heavy atom. The molecule has 2 fully saturated rings. The smallest absolute Gasteiger partial charge is 0.224 e. The van der Waals surface area contributed by atoms with Crippen molar-refractivity contribution in [2.75, 3.05) is 0 Å². The summed E-state index contributed by atoms with van der Waals surface area (Å²) in [5, 5.41) is 3.66. The Morgan fingerprint density at radius 1 is 1.30 bits per heavy atom. The predicted molar refractivity (Wildman–Crippen MR) is 87.9 cm³/mol. The number of oxazole rings is 1. The highest BCUT2D eigenvalue weighted by atomic mass is 35.5. The molecule has 2 aliphatic carbocycles. The zero-order chi connectivity index (χ0) is 16.0. The van der Waals surface area contributed by atoms with Crippen LogP contribution in [0.25, 0.3) is 11.3 Å². The lowest BCUT2D eigenvalue weighted by atomic mass is 10.1. The van der Waals surface area contributed by atoms with Gasteiger partial charge in [-0.15, -0.1) is 0 Å². The molecule has 1 aromatic carbocycles. The molecule has 1 amide bonds. The molecule has 0 radical (unpaired) electrons. The number of nitrogens with one attached hydrogen (secondary N) is 1. The summed E-state index contributed by atoms with van der Waals surface area (Å²) in [6.45, 7) is 2.26. The number of aromatic nitrogens is 1. The van der Waals surface area contributed by atoms with Crippen LogP contribution >= 0.6 is 11.6 Å². The number of amides is 1. The number of hydrogen-bond donors (Lipinski definition) is 1. The Balaban J connectivity index is 1.41. The van der Waals surface area contributed by atoms with Gasteiger partial charge in [-0.05, 0) is 55.9 Å². The first-order chi connectivity index (χ1) is 11.1. The maximum atomic E-state index is 12.2. The van der Waals surface area contributed by atoms with Crippen LogP contribution in [0.1, 0.15) is 30.8 Å². The maximum Gasteiger partial charge on any atom is 0.224 e. The fraction of sp³-hybridized carbons (Fsp3) is 0.444. The van der Waals surface area contributed by atoms with E-state index in [1.54, 1.807) is 0 Å². The minimum Gasteiger partial charge on any atom is -0.438 e. The van der Waals surface area contributed by atoms with Gasteiger partial charge in [0.25, 0.3) is 0 Å². The highest BCUT2D eigenvalue weighted by molar-refractivity contribution is 6.30. The number of rotatable bonds is 4. The van der Waals surface area contributed by atoms with E-state index in [1.165, 1.54) is 19.3 Å². The summed E-state index contributed by atoms with van der Waals surface area (Å²) in [7, 11) is 0. The minimum atomic E-state index is 0.156. The molecule has 2 aliphatic rings. The summed E-state index contributed by atoms with van der Waals surface area (Å²) in [5.74, 6) is 2.93. The van der Waals surface area contributed by atoms with Gasteiger partial charge < -0.3 is 9.73 Å². The summed E-state index contributed by atoms with van der Waals surface area (Å²) in [6, 6.07) is 7.46. The van der Waals surface area contributed by atoms with Crippen molar-refractivity contribution in [1.82, 2.24) is 10.3 Å². The number of benzene rings is 1. The number of carbonyl (C=O) groups excluding carboxylic acids is 1. The zero-order valence-electron chi connectivity index (χ0n) is 13.0. The van der Waals surface area contributed by atoms with Gasteiger partial charge in [0.2, 0.25) is 11.8 Å². The maximum absolute atomic E-state index is 12.2. The van der Waals surface area contributed by atoms with Crippen LogP contribution in [0.4, 0.5) is 0 Å². The van der Waals surface area contributed by atoms with E-state index in [-0.39, 0.29) is 11.8 Å². The predicted octanol–water partition coefficient (Wildman–Crippen LogP) is 3.97. The Morgan fingerprint density at radius 3 is 2.70 bits per heavy atom. The van der Waals surface area contributed by atoms with Crippen molar-refractivity contribution in [2.45, 2.75) is 32.7 Å². The number of halogens is 1. The van der Waals surface area contributed by atoms with Crippen molar-refractivity contribution in [3.8, 4) is 11.3 Å². The minimum absolute atomic E-state index is 0.156. The van der Waals surface area contributed by atoms with Gasteiger partial charge in [0.05, 0.1) is 12.2 Å². The first-order valence-corrected chi connectivity index (χ1v) is 8.51. The molecule has 0 saturated heterocycles. The lowest BCUT2D eigenvalue weighted by Crippen LogP contribution is -2.26. The summed E-state index contributed by atoms with van der Waals surface area (Å²) in [4.78, 5) is 16.6. The van der Waals surface area contributed by atoms with E-state index in [1.807, 2.05) is 31.2 Å². The molecule has 5 heteroatoms. The topological polar surface area (TPSA) is 55.1 Å². The average Bonchev–Trinajstić information content (AvgIpc) is 2.87. The summed E-state index contributed by atoms with van der Waals surface area (Å²) < 4.78 is 5.82. The molecule has 1 N–H and O–H groups in total. The van der Waals surface area contributed by atoms with Crippen LogP contribution in [0, 0.1) is 24.7 Å². The monoisotopic (exact) mass is 330 g/mol. The van der Waals surface area contributed by atoms with Gasteiger partial charge in [0.1, 0.15) is 0 Å². The normalized spacial score (nSPS) is 25.2. The van der Waals surface area contributed by atoms with Gasteiger partial charge in [0.15, 0.2) is 5.76 Å². The molecule has 2 saturated carbocycles. The third kappa shape index (κ3) is 2.76. The number of hydrogen-bond acceptors (Lipinski definition) is 3. The van der Waals surface area contributed by atoms with Crippen LogP contribution in [-0.2, 0) is 11.3 Å². The van der Waals surface area contributed by atoms with Crippen LogP contribution in [-0.4, -0.2) is 10.9 Å². The third-order valence-electron chi connectivity index (χ3n) is 5.07. The molecule has 120 valence electrons. The largest absolute Gasteiger partial charge is 0.438 e. The highest BCUT2D eigenvalue weighted by Gasteiger charge is 2.56. The molecule has 2 aromatic rings.